The van der Waals surface area contributed by atoms with Crippen LogP contribution in [0.1, 0.15) is 48.9 Å². The maximum absolute atomic E-state index is 13.2. The SMILES string of the molecule is O=C(OCC(=O)C12CC3CC(CC(C3)C1)C2)c1cc(S(=O)(=O)N2CCOCC2)c(Cl)cc1Cl. The average molecular weight is 516 g/mol. The summed E-state index contributed by atoms with van der Waals surface area (Å²) in [5, 5.41) is -0.0964. The number of benzene rings is 1. The molecule has 1 saturated heterocycles. The van der Waals surface area contributed by atoms with Gasteiger partial charge < -0.3 is 9.47 Å². The number of ketones is 1. The summed E-state index contributed by atoms with van der Waals surface area (Å²) < 4.78 is 38.0. The number of nitrogens with zero attached hydrogens (tertiary/aromatic N) is 1. The standard InChI is InChI=1S/C23H27Cl2NO6S/c24-18-9-19(25)20(33(29,30)26-1-3-31-4-2-26)8-17(18)22(28)32-13-21(27)23-10-14-5-15(11-23)7-16(6-14)12-23/h8-9,14-16H,1-7,10-13H2. The maximum atomic E-state index is 13.2. The highest BCUT2D eigenvalue weighted by Gasteiger charge is 2.54. The molecular formula is C23H27Cl2NO6S. The summed E-state index contributed by atoms with van der Waals surface area (Å²) in [6.07, 6.45) is 6.31. The molecule has 5 fully saturated rings. The van der Waals surface area contributed by atoms with E-state index in [0.717, 1.165) is 25.3 Å². The van der Waals surface area contributed by atoms with Gasteiger partial charge in [0.1, 0.15) is 4.90 Å². The Bertz CT molecular complexity index is 1050. The highest BCUT2D eigenvalue weighted by Crippen LogP contribution is 2.60. The number of rotatable bonds is 6. The van der Waals surface area contributed by atoms with E-state index in [2.05, 4.69) is 0 Å². The van der Waals surface area contributed by atoms with E-state index in [1.165, 1.54) is 29.6 Å². The minimum atomic E-state index is -3.94. The Morgan fingerprint density at radius 3 is 2.15 bits per heavy atom. The highest BCUT2D eigenvalue weighted by atomic mass is 35.5. The van der Waals surface area contributed by atoms with Crippen LogP contribution in [0.3, 0.4) is 0 Å². The number of carbonyl (C=O) groups is 2. The van der Waals surface area contributed by atoms with Gasteiger partial charge in [-0.3, -0.25) is 4.79 Å². The fourth-order valence-corrected chi connectivity index (χ4v) is 8.86. The van der Waals surface area contributed by atoms with Crippen molar-refractivity contribution in [3.8, 4) is 0 Å². The number of sulfonamides is 1. The van der Waals surface area contributed by atoms with Crippen LogP contribution in [0.25, 0.3) is 0 Å². The Morgan fingerprint density at radius 2 is 1.58 bits per heavy atom. The second kappa shape index (κ2) is 8.79. The minimum absolute atomic E-state index is 0.0202. The van der Waals surface area contributed by atoms with Crippen molar-refractivity contribution in [1.29, 1.82) is 0 Å². The Kier molecular flexibility index (Phi) is 6.27. The number of hydrogen-bond donors (Lipinski definition) is 0. The first-order chi connectivity index (χ1) is 15.7. The molecule has 10 heteroatoms. The zero-order chi connectivity index (χ0) is 23.4. The first-order valence-electron chi connectivity index (χ1n) is 11.5. The third-order valence-electron chi connectivity index (χ3n) is 7.79. The molecule has 7 nitrogen and oxygen atoms in total. The number of ether oxygens (including phenoxy) is 2. The Labute approximate surface area is 203 Å². The molecule has 0 radical (unpaired) electrons. The van der Waals surface area contributed by atoms with Crippen molar-refractivity contribution in [3.05, 3.63) is 27.7 Å². The molecule has 0 spiro atoms. The average Bonchev–Trinajstić information content (AvgIpc) is 2.76. The van der Waals surface area contributed by atoms with E-state index in [0.29, 0.717) is 17.8 Å². The summed E-state index contributed by atoms with van der Waals surface area (Å²) in [5.74, 6) is 0.966. The van der Waals surface area contributed by atoms with Crippen LogP contribution in [0.15, 0.2) is 17.0 Å². The number of carbonyl (C=O) groups excluding carboxylic acids is 2. The summed E-state index contributed by atoms with van der Waals surface area (Å²) in [6.45, 7) is 0.633. The van der Waals surface area contributed by atoms with Crippen LogP contribution in [0.2, 0.25) is 10.0 Å². The van der Waals surface area contributed by atoms with Gasteiger partial charge in [0.25, 0.3) is 0 Å². The molecular weight excluding hydrogens is 489 g/mol. The Hall–Kier alpha value is -1.19. The number of hydrogen-bond acceptors (Lipinski definition) is 6. The van der Waals surface area contributed by atoms with Crippen molar-refractivity contribution in [2.24, 2.45) is 23.2 Å². The van der Waals surface area contributed by atoms with E-state index in [1.807, 2.05) is 0 Å². The van der Waals surface area contributed by atoms with Crippen molar-refractivity contribution >= 4 is 45.0 Å². The summed E-state index contributed by atoms with van der Waals surface area (Å²) >= 11 is 12.4. The quantitative estimate of drug-likeness (QED) is 0.532. The molecule has 5 aliphatic rings. The molecule has 0 aromatic heterocycles. The molecule has 4 aliphatic carbocycles. The second-order valence-electron chi connectivity index (χ2n) is 9.98. The fraction of sp³-hybridized carbons (Fsp3) is 0.652. The van der Waals surface area contributed by atoms with Crippen molar-refractivity contribution in [2.45, 2.75) is 43.4 Å². The van der Waals surface area contributed by atoms with Crippen LogP contribution >= 0.6 is 23.2 Å². The van der Waals surface area contributed by atoms with Gasteiger partial charge in [0.05, 0.1) is 28.8 Å². The molecule has 0 N–H and O–H groups in total. The lowest BCUT2D eigenvalue weighted by molar-refractivity contribution is -0.147. The fourth-order valence-electron chi connectivity index (χ4n) is 6.62. The lowest BCUT2D eigenvalue weighted by Gasteiger charge is -2.55. The van der Waals surface area contributed by atoms with Gasteiger partial charge in [-0.2, -0.15) is 4.31 Å². The molecule has 4 bridgehead atoms. The molecule has 1 aromatic carbocycles. The summed E-state index contributed by atoms with van der Waals surface area (Å²) in [4.78, 5) is 25.8. The molecule has 0 amide bonds. The van der Waals surface area contributed by atoms with E-state index in [4.69, 9.17) is 32.7 Å². The largest absolute Gasteiger partial charge is 0.454 e. The van der Waals surface area contributed by atoms with Crippen LogP contribution in [0, 0.1) is 23.2 Å². The number of halogens is 2. The third-order valence-corrected chi connectivity index (χ3v) is 10.5. The zero-order valence-corrected chi connectivity index (χ0v) is 20.6. The van der Waals surface area contributed by atoms with Gasteiger partial charge in [0.2, 0.25) is 10.0 Å². The molecule has 33 heavy (non-hydrogen) atoms. The van der Waals surface area contributed by atoms with Crippen molar-refractivity contribution < 1.29 is 27.5 Å². The van der Waals surface area contributed by atoms with Crippen LogP contribution in [0.4, 0.5) is 0 Å². The normalized spacial score (nSPS) is 31.5. The molecule has 6 rings (SSSR count). The number of morpholine rings is 1. The number of esters is 1. The van der Waals surface area contributed by atoms with Crippen molar-refractivity contribution in [3.63, 3.8) is 0 Å². The molecule has 1 aromatic rings. The first kappa shape index (κ1) is 23.5. The minimum Gasteiger partial charge on any atom is -0.454 e. The van der Waals surface area contributed by atoms with E-state index >= 15 is 0 Å². The smallest absolute Gasteiger partial charge is 0.340 e. The van der Waals surface area contributed by atoms with Gasteiger partial charge in [0.15, 0.2) is 12.4 Å². The molecule has 0 unspecified atom stereocenters. The van der Waals surface area contributed by atoms with Gasteiger partial charge >= 0.3 is 5.97 Å². The van der Waals surface area contributed by atoms with Crippen molar-refractivity contribution in [1.82, 2.24) is 4.31 Å². The van der Waals surface area contributed by atoms with E-state index in [1.54, 1.807) is 0 Å². The lowest BCUT2D eigenvalue weighted by Crippen LogP contribution is -2.51. The number of Topliss-reactive ketones (excluding diaryl/α,β-unsaturated/α-hetero) is 1. The summed E-state index contributed by atoms with van der Waals surface area (Å²) in [5.41, 5.74) is -0.491. The van der Waals surface area contributed by atoms with Gasteiger partial charge in [-0.1, -0.05) is 23.2 Å². The lowest BCUT2D eigenvalue weighted by atomic mass is 9.48. The van der Waals surface area contributed by atoms with Crippen LogP contribution in [0.5, 0.6) is 0 Å². The molecule has 180 valence electrons. The van der Waals surface area contributed by atoms with Crippen LogP contribution < -0.4 is 0 Å². The Morgan fingerprint density at radius 1 is 1.00 bits per heavy atom. The van der Waals surface area contributed by atoms with Gasteiger partial charge in [-0.25, -0.2) is 13.2 Å². The molecule has 0 atom stereocenters. The van der Waals surface area contributed by atoms with Crippen molar-refractivity contribution in [2.75, 3.05) is 32.9 Å². The van der Waals surface area contributed by atoms with Crippen LogP contribution in [-0.4, -0.2) is 57.4 Å². The molecule has 4 saturated carbocycles. The zero-order valence-electron chi connectivity index (χ0n) is 18.2. The van der Waals surface area contributed by atoms with Gasteiger partial charge in [0, 0.05) is 18.5 Å². The van der Waals surface area contributed by atoms with E-state index in [9.17, 15) is 18.0 Å². The predicted molar refractivity (Wildman–Crippen MR) is 122 cm³/mol. The highest BCUT2D eigenvalue weighted by molar-refractivity contribution is 7.89. The first-order valence-corrected chi connectivity index (χ1v) is 13.6. The summed E-state index contributed by atoms with van der Waals surface area (Å²) in [7, 11) is -3.94. The van der Waals surface area contributed by atoms with Gasteiger partial charge in [-0.15, -0.1) is 0 Å². The van der Waals surface area contributed by atoms with Crippen LogP contribution in [-0.2, 0) is 24.3 Å². The van der Waals surface area contributed by atoms with E-state index < -0.39 is 16.0 Å². The Balaban J connectivity index is 1.32. The van der Waals surface area contributed by atoms with E-state index in [-0.39, 0.29) is 64.6 Å². The predicted octanol–water partition coefficient (Wildman–Crippen LogP) is 3.96. The third kappa shape index (κ3) is 4.33. The summed E-state index contributed by atoms with van der Waals surface area (Å²) in [6, 6.07) is 2.38. The monoisotopic (exact) mass is 515 g/mol. The van der Waals surface area contributed by atoms with Gasteiger partial charge in [-0.05, 0) is 68.4 Å². The second-order valence-corrected chi connectivity index (χ2v) is 12.7. The molecule has 1 heterocycles. The maximum Gasteiger partial charge on any atom is 0.340 e. The molecule has 1 aliphatic heterocycles. The topological polar surface area (TPSA) is 90.0 Å².